The average Bonchev–Trinajstić information content (AvgIpc) is 2.66. The monoisotopic (exact) mass is 360 g/mol. The molecular weight excluding hydrogens is 340 g/mol. The van der Waals surface area contributed by atoms with Crippen LogP contribution in [0.15, 0.2) is 30.3 Å². The van der Waals surface area contributed by atoms with Crippen molar-refractivity contribution in [3.8, 4) is 17.2 Å². The van der Waals surface area contributed by atoms with Crippen LogP contribution >= 0.6 is 0 Å². The van der Waals surface area contributed by atoms with Gasteiger partial charge in [-0.25, -0.2) is 0 Å². The number of benzene rings is 2. The van der Waals surface area contributed by atoms with Crippen LogP contribution in [0.2, 0.25) is 0 Å². The fourth-order valence-electron chi connectivity index (χ4n) is 2.64. The SMILES string of the molecule is CCc1ccccc1NC(=O)c1cc(OC)c(OC)c(OC)c1[N+](=O)[O-]. The van der Waals surface area contributed by atoms with Crippen LogP contribution in [0.5, 0.6) is 17.2 Å². The van der Waals surface area contributed by atoms with E-state index in [1.165, 1.54) is 27.4 Å². The molecule has 0 atom stereocenters. The smallest absolute Gasteiger partial charge is 0.327 e. The molecule has 138 valence electrons. The maximum absolute atomic E-state index is 12.8. The van der Waals surface area contributed by atoms with Crippen molar-refractivity contribution in [3.05, 3.63) is 51.6 Å². The third-order valence-electron chi connectivity index (χ3n) is 3.88. The summed E-state index contributed by atoms with van der Waals surface area (Å²) in [4.78, 5) is 23.7. The number of rotatable bonds is 7. The van der Waals surface area contributed by atoms with Gasteiger partial charge in [0.05, 0.1) is 26.3 Å². The number of carbonyl (C=O) groups is 1. The number of nitro groups is 1. The van der Waals surface area contributed by atoms with Gasteiger partial charge >= 0.3 is 5.69 Å². The second-order valence-electron chi connectivity index (χ2n) is 5.26. The number of nitrogens with zero attached hydrogens (tertiary/aromatic N) is 1. The number of hydrogen-bond donors (Lipinski definition) is 1. The molecule has 2 rings (SSSR count). The summed E-state index contributed by atoms with van der Waals surface area (Å²) in [6, 6.07) is 8.51. The Labute approximate surface area is 150 Å². The topological polar surface area (TPSA) is 99.9 Å². The van der Waals surface area contributed by atoms with Gasteiger partial charge in [0.25, 0.3) is 5.91 Å². The van der Waals surface area contributed by atoms with E-state index in [1.807, 2.05) is 19.1 Å². The van der Waals surface area contributed by atoms with Crippen molar-refractivity contribution in [1.29, 1.82) is 0 Å². The molecule has 2 aromatic carbocycles. The van der Waals surface area contributed by atoms with E-state index in [2.05, 4.69) is 5.32 Å². The van der Waals surface area contributed by atoms with Crippen LogP contribution in [0.4, 0.5) is 11.4 Å². The van der Waals surface area contributed by atoms with Crippen molar-refractivity contribution < 1.29 is 23.9 Å². The molecule has 0 bridgehead atoms. The van der Waals surface area contributed by atoms with E-state index in [0.29, 0.717) is 12.1 Å². The molecular formula is C18H20N2O6. The lowest BCUT2D eigenvalue weighted by molar-refractivity contribution is -0.386. The van der Waals surface area contributed by atoms with Crippen LogP contribution in [0.3, 0.4) is 0 Å². The Morgan fingerprint density at radius 1 is 1.12 bits per heavy atom. The number of nitrogens with one attached hydrogen (secondary N) is 1. The van der Waals surface area contributed by atoms with Crippen molar-refractivity contribution >= 4 is 17.3 Å². The minimum atomic E-state index is -0.679. The Morgan fingerprint density at radius 2 is 1.77 bits per heavy atom. The molecule has 8 nitrogen and oxygen atoms in total. The molecule has 0 fully saturated rings. The first-order valence-corrected chi connectivity index (χ1v) is 7.85. The van der Waals surface area contributed by atoms with Crippen LogP contribution in [0.25, 0.3) is 0 Å². The highest BCUT2D eigenvalue weighted by Gasteiger charge is 2.32. The highest BCUT2D eigenvalue weighted by Crippen LogP contribution is 2.46. The van der Waals surface area contributed by atoms with Crippen LogP contribution in [-0.4, -0.2) is 32.2 Å². The molecule has 0 heterocycles. The van der Waals surface area contributed by atoms with Gasteiger partial charge in [0.15, 0.2) is 5.75 Å². The van der Waals surface area contributed by atoms with Crippen LogP contribution in [-0.2, 0) is 6.42 Å². The van der Waals surface area contributed by atoms with Crippen molar-refractivity contribution in [3.63, 3.8) is 0 Å². The van der Waals surface area contributed by atoms with E-state index in [0.717, 1.165) is 5.56 Å². The molecule has 0 aliphatic heterocycles. The molecule has 0 saturated heterocycles. The normalized spacial score (nSPS) is 10.2. The number of anilines is 1. The van der Waals surface area contributed by atoms with Gasteiger partial charge < -0.3 is 19.5 Å². The van der Waals surface area contributed by atoms with Gasteiger partial charge in [-0.2, -0.15) is 0 Å². The van der Waals surface area contributed by atoms with E-state index >= 15 is 0 Å². The number of amides is 1. The number of ether oxygens (including phenoxy) is 3. The number of methoxy groups -OCH3 is 3. The van der Waals surface area contributed by atoms with Crippen molar-refractivity contribution in [2.24, 2.45) is 0 Å². The van der Waals surface area contributed by atoms with Crippen molar-refractivity contribution in [2.75, 3.05) is 26.6 Å². The summed E-state index contributed by atoms with van der Waals surface area (Å²) in [5.74, 6) is -0.612. The van der Waals surface area contributed by atoms with Crippen LogP contribution in [0.1, 0.15) is 22.8 Å². The van der Waals surface area contributed by atoms with Crippen molar-refractivity contribution in [2.45, 2.75) is 13.3 Å². The van der Waals surface area contributed by atoms with Gasteiger partial charge in [0.2, 0.25) is 11.5 Å². The third-order valence-corrected chi connectivity index (χ3v) is 3.88. The lowest BCUT2D eigenvalue weighted by atomic mass is 10.1. The van der Waals surface area contributed by atoms with E-state index in [9.17, 15) is 14.9 Å². The summed E-state index contributed by atoms with van der Waals surface area (Å²) in [7, 11) is 3.97. The van der Waals surface area contributed by atoms with Crippen LogP contribution in [0, 0.1) is 10.1 Å². The lowest BCUT2D eigenvalue weighted by Crippen LogP contribution is -2.16. The largest absolute Gasteiger partial charge is 0.493 e. The summed E-state index contributed by atoms with van der Waals surface area (Å²) in [6.45, 7) is 1.95. The molecule has 0 radical (unpaired) electrons. The van der Waals surface area contributed by atoms with E-state index in [4.69, 9.17) is 14.2 Å². The zero-order valence-electron chi connectivity index (χ0n) is 15.0. The van der Waals surface area contributed by atoms with E-state index in [1.54, 1.807) is 12.1 Å². The van der Waals surface area contributed by atoms with Gasteiger partial charge in [-0.05, 0) is 18.1 Å². The fraction of sp³-hybridized carbons (Fsp3) is 0.278. The van der Waals surface area contributed by atoms with Crippen LogP contribution < -0.4 is 19.5 Å². The maximum Gasteiger partial charge on any atom is 0.327 e. The zero-order chi connectivity index (χ0) is 19.3. The third kappa shape index (κ3) is 3.53. The van der Waals surface area contributed by atoms with Gasteiger partial charge in [0, 0.05) is 11.8 Å². The average molecular weight is 360 g/mol. The Bertz CT molecular complexity index is 835. The second kappa shape index (κ2) is 8.19. The summed E-state index contributed by atoms with van der Waals surface area (Å²) < 4.78 is 15.5. The summed E-state index contributed by atoms with van der Waals surface area (Å²) >= 11 is 0. The molecule has 0 aromatic heterocycles. The minimum absolute atomic E-state index is 0.0483. The Morgan fingerprint density at radius 3 is 2.31 bits per heavy atom. The summed E-state index contributed by atoms with van der Waals surface area (Å²) in [5.41, 5.74) is 0.825. The molecule has 8 heteroatoms. The van der Waals surface area contributed by atoms with Gasteiger partial charge in [-0.3, -0.25) is 14.9 Å². The molecule has 0 aliphatic carbocycles. The molecule has 0 saturated carbocycles. The highest BCUT2D eigenvalue weighted by atomic mass is 16.6. The zero-order valence-corrected chi connectivity index (χ0v) is 15.0. The Balaban J connectivity index is 2.60. The van der Waals surface area contributed by atoms with Gasteiger partial charge in [0.1, 0.15) is 5.56 Å². The van der Waals surface area contributed by atoms with Gasteiger partial charge in [-0.15, -0.1) is 0 Å². The standard InChI is InChI=1S/C18H20N2O6/c1-5-11-8-6-7-9-13(11)19-18(21)12-10-14(24-2)16(25-3)17(26-4)15(12)20(22)23/h6-10H,5H2,1-4H3,(H,19,21). The molecule has 0 spiro atoms. The van der Waals surface area contributed by atoms with E-state index in [-0.39, 0.29) is 22.8 Å². The van der Waals surface area contributed by atoms with Gasteiger partial charge in [-0.1, -0.05) is 25.1 Å². The quantitative estimate of drug-likeness (QED) is 0.600. The van der Waals surface area contributed by atoms with E-state index < -0.39 is 16.5 Å². The Kier molecular flexibility index (Phi) is 6.00. The maximum atomic E-state index is 12.8. The number of para-hydroxylation sites is 1. The fourth-order valence-corrected chi connectivity index (χ4v) is 2.64. The minimum Gasteiger partial charge on any atom is -0.493 e. The second-order valence-corrected chi connectivity index (χ2v) is 5.26. The molecule has 1 N–H and O–H groups in total. The molecule has 0 aliphatic rings. The summed E-state index contributed by atoms with van der Waals surface area (Å²) in [6.07, 6.45) is 0.702. The molecule has 26 heavy (non-hydrogen) atoms. The van der Waals surface area contributed by atoms with Crippen molar-refractivity contribution in [1.82, 2.24) is 0 Å². The number of hydrogen-bond acceptors (Lipinski definition) is 6. The summed E-state index contributed by atoms with van der Waals surface area (Å²) in [5, 5.41) is 14.3. The first kappa shape index (κ1) is 19.0. The first-order chi connectivity index (χ1) is 12.5. The molecule has 2 aromatic rings. The number of aryl methyl sites for hydroxylation is 1. The predicted molar refractivity (Wildman–Crippen MR) is 96.5 cm³/mol. The lowest BCUT2D eigenvalue weighted by Gasteiger charge is -2.15. The molecule has 0 unspecified atom stereocenters. The number of nitro benzene ring substituents is 1. The predicted octanol–water partition coefficient (Wildman–Crippen LogP) is 3.44. The molecule has 1 amide bonds. The Hall–Kier alpha value is -3.29. The first-order valence-electron chi connectivity index (χ1n) is 7.85. The highest BCUT2D eigenvalue weighted by molar-refractivity contribution is 6.08. The number of carbonyl (C=O) groups excluding carboxylic acids is 1.